The van der Waals surface area contributed by atoms with Gasteiger partial charge in [0.05, 0.1) is 22.5 Å². The lowest BCUT2D eigenvalue weighted by Gasteiger charge is -2.31. The number of hydrogen-bond donors (Lipinski definition) is 3. The molecule has 1 fully saturated rings. The number of hydrogen-bond acceptors (Lipinski definition) is 7. The number of aliphatic hydroxyl groups excluding tert-OH is 1. The minimum atomic E-state index is -0.416. The minimum absolute atomic E-state index is 0.0303. The smallest absolute Gasteiger partial charge is 0.271 e. The maximum Gasteiger partial charge on any atom is 0.271 e. The summed E-state index contributed by atoms with van der Waals surface area (Å²) < 4.78 is 13.9. The van der Waals surface area contributed by atoms with Crippen LogP contribution < -0.4 is 10.6 Å². The fraction of sp³-hybridized carbons (Fsp3) is 0.294. The third kappa shape index (κ3) is 3.49. The van der Waals surface area contributed by atoms with Gasteiger partial charge in [-0.05, 0) is 35.9 Å². The molecule has 0 bridgehead atoms. The Morgan fingerprint density at radius 3 is 2.96 bits per heavy atom. The third-order valence-corrected chi connectivity index (χ3v) is 5.09. The van der Waals surface area contributed by atoms with Crippen LogP contribution >= 0.6 is 11.3 Å². The van der Waals surface area contributed by atoms with Crippen LogP contribution in [0.5, 0.6) is 0 Å². The number of anilines is 1. The lowest BCUT2D eigenvalue weighted by molar-refractivity contribution is 0.0561. The molecule has 0 aromatic carbocycles. The summed E-state index contributed by atoms with van der Waals surface area (Å²) in [5, 5.41) is 17.1. The number of aliphatic hydroxyl groups is 1. The van der Waals surface area contributed by atoms with Gasteiger partial charge in [0, 0.05) is 18.8 Å². The zero-order valence-corrected chi connectivity index (χ0v) is 14.5. The summed E-state index contributed by atoms with van der Waals surface area (Å²) in [7, 11) is 0. The van der Waals surface area contributed by atoms with Crippen molar-refractivity contribution in [3.05, 3.63) is 47.0 Å². The number of nitrogens with one attached hydrogen (secondary N) is 2. The van der Waals surface area contributed by atoms with Crippen LogP contribution in [-0.4, -0.2) is 38.1 Å². The van der Waals surface area contributed by atoms with Crippen molar-refractivity contribution in [1.82, 2.24) is 20.3 Å². The number of carbonyl (C=O) groups is 1. The van der Waals surface area contributed by atoms with Crippen LogP contribution in [-0.2, 0) is 6.54 Å². The number of nitrogens with zero attached hydrogens (tertiary/aromatic N) is 3. The average Bonchev–Trinajstić information content (AvgIpc) is 3.06. The van der Waals surface area contributed by atoms with Crippen molar-refractivity contribution in [2.75, 3.05) is 5.32 Å². The Morgan fingerprint density at radius 2 is 2.19 bits per heavy atom. The predicted molar refractivity (Wildman–Crippen MR) is 95.4 cm³/mol. The molecule has 134 valence electrons. The van der Waals surface area contributed by atoms with Crippen molar-refractivity contribution in [1.29, 1.82) is 0 Å². The van der Waals surface area contributed by atoms with Crippen molar-refractivity contribution in [2.24, 2.45) is 0 Å². The highest BCUT2D eigenvalue weighted by atomic mass is 32.1. The van der Waals surface area contributed by atoms with Crippen molar-refractivity contribution < 1.29 is 14.3 Å². The van der Waals surface area contributed by atoms with Gasteiger partial charge in [-0.25, -0.2) is 14.4 Å². The number of amides is 1. The zero-order valence-electron chi connectivity index (χ0n) is 13.6. The highest BCUT2D eigenvalue weighted by Crippen LogP contribution is 2.25. The van der Waals surface area contributed by atoms with Crippen LogP contribution in [0.1, 0.15) is 28.9 Å². The first-order valence-corrected chi connectivity index (χ1v) is 9.04. The van der Waals surface area contributed by atoms with Gasteiger partial charge in [0.25, 0.3) is 5.91 Å². The number of pyridine rings is 1. The highest BCUT2D eigenvalue weighted by molar-refractivity contribution is 7.17. The second kappa shape index (κ2) is 6.93. The van der Waals surface area contributed by atoms with Gasteiger partial charge in [-0.1, -0.05) is 0 Å². The molecule has 26 heavy (non-hydrogen) atoms. The molecule has 1 amide bonds. The van der Waals surface area contributed by atoms with E-state index in [-0.39, 0.29) is 24.6 Å². The number of thiophene rings is 1. The highest BCUT2D eigenvalue weighted by Gasteiger charge is 2.29. The lowest BCUT2D eigenvalue weighted by atomic mass is 9.89. The zero-order chi connectivity index (χ0) is 18.1. The van der Waals surface area contributed by atoms with E-state index in [1.165, 1.54) is 17.4 Å². The standard InChI is InChI=1S/C17H16FN5O2S/c18-10-3-9(6-19-8-10)7-20-17-22-13-1-2-26-15(13)14(23-17)16(25)21-11-4-12(24)5-11/h1-3,6,8,11-12,24H,4-5,7H2,(H,21,25)(H,20,22,23)/t11-,12+. The summed E-state index contributed by atoms with van der Waals surface area (Å²) in [4.78, 5) is 25.1. The number of aromatic nitrogens is 3. The van der Waals surface area contributed by atoms with E-state index in [9.17, 15) is 14.3 Å². The molecule has 0 saturated heterocycles. The summed E-state index contributed by atoms with van der Waals surface area (Å²) in [6.07, 6.45) is 3.46. The van der Waals surface area contributed by atoms with E-state index in [4.69, 9.17) is 0 Å². The molecule has 7 nitrogen and oxygen atoms in total. The Bertz CT molecular complexity index is 957. The molecule has 3 N–H and O–H groups in total. The van der Waals surface area contributed by atoms with Crippen molar-refractivity contribution in [3.63, 3.8) is 0 Å². The fourth-order valence-electron chi connectivity index (χ4n) is 2.79. The Morgan fingerprint density at radius 1 is 1.35 bits per heavy atom. The topological polar surface area (TPSA) is 100 Å². The molecule has 0 aliphatic heterocycles. The number of rotatable bonds is 5. The Hall–Kier alpha value is -2.65. The fourth-order valence-corrected chi connectivity index (χ4v) is 3.61. The Kier molecular flexibility index (Phi) is 4.48. The predicted octanol–water partition coefficient (Wildman–Crippen LogP) is 2.09. The van der Waals surface area contributed by atoms with Crippen LogP contribution in [0.15, 0.2) is 29.9 Å². The molecule has 1 saturated carbocycles. The van der Waals surface area contributed by atoms with Crippen LogP contribution in [0.25, 0.3) is 10.2 Å². The first kappa shape index (κ1) is 16.8. The normalized spacial score (nSPS) is 19.2. The van der Waals surface area contributed by atoms with E-state index in [1.807, 2.05) is 11.4 Å². The van der Waals surface area contributed by atoms with Gasteiger partial charge in [0.2, 0.25) is 5.95 Å². The van der Waals surface area contributed by atoms with Crippen molar-refractivity contribution in [2.45, 2.75) is 31.5 Å². The third-order valence-electron chi connectivity index (χ3n) is 4.18. The largest absolute Gasteiger partial charge is 0.393 e. The van der Waals surface area contributed by atoms with Gasteiger partial charge < -0.3 is 15.7 Å². The molecule has 0 unspecified atom stereocenters. The lowest BCUT2D eigenvalue weighted by Crippen LogP contribution is -2.47. The van der Waals surface area contributed by atoms with Crippen LogP contribution in [0.2, 0.25) is 0 Å². The quantitative estimate of drug-likeness (QED) is 0.633. The van der Waals surface area contributed by atoms with Gasteiger partial charge in [0.1, 0.15) is 5.82 Å². The molecule has 0 spiro atoms. The van der Waals surface area contributed by atoms with E-state index in [2.05, 4.69) is 25.6 Å². The molecule has 9 heteroatoms. The van der Waals surface area contributed by atoms with Gasteiger partial charge in [-0.2, -0.15) is 0 Å². The van der Waals surface area contributed by atoms with E-state index in [1.54, 1.807) is 6.20 Å². The summed E-state index contributed by atoms with van der Waals surface area (Å²) in [6, 6.07) is 3.16. The van der Waals surface area contributed by atoms with Crippen LogP contribution in [0, 0.1) is 5.82 Å². The van der Waals surface area contributed by atoms with Crippen molar-refractivity contribution >= 4 is 33.4 Å². The number of halogens is 1. The van der Waals surface area contributed by atoms with Gasteiger partial charge in [-0.15, -0.1) is 11.3 Å². The Balaban J connectivity index is 1.55. The number of fused-ring (bicyclic) bond motifs is 1. The molecule has 3 aromatic rings. The van der Waals surface area contributed by atoms with E-state index in [0.29, 0.717) is 40.3 Å². The minimum Gasteiger partial charge on any atom is -0.393 e. The van der Waals surface area contributed by atoms with Gasteiger partial charge >= 0.3 is 0 Å². The molecule has 3 aromatic heterocycles. The molecular weight excluding hydrogens is 357 g/mol. The summed E-state index contributed by atoms with van der Waals surface area (Å²) in [6.45, 7) is 0.288. The molecule has 1 aliphatic carbocycles. The monoisotopic (exact) mass is 373 g/mol. The SMILES string of the molecule is O=C(N[C@H]1C[C@@H](O)C1)c1nc(NCc2cncc(F)c2)nc2ccsc12. The maximum atomic E-state index is 13.2. The Labute approximate surface area is 152 Å². The second-order valence-electron chi connectivity index (χ2n) is 6.19. The second-order valence-corrected chi connectivity index (χ2v) is 7.11. The summed E-state index contributed by atoms with van der Waals surface area (Å²) >= 11 is 1.40. The average molecular weight is 373 g/mol. The molecule has 0 atom stereocenters. The van der Waals surface area contributed by atoms with E-state index in [0.717, 1.165) is 6.20 Å². The first-order valence-electron chi connectivity index (χ1n) is 8.16. The van der Waals surface area contributed by atoms with Gasteiger partial charge in [0.15, 0.2) is 5.69 Å². The maximum absolute atomic E-state index is 13.2. The van der Waals surface area contributed by atoms with E-state index >= 15 is 0 Å². The molecule has 1 aliphatic rings. The summed E-state index contributed by atoms with van der Waals surface area (Å²) in [5.41, 5.74) is 1.61. The molecule has 0 radical (unpaired) electrons. The van der Waals surface area contributed by atoms with Crippen LogP contribution in [0.3, 0.4) is 0 Å². The number of carbonyl (C=O) groups excluding carboxylic acids is 1. The molecular formula is C17H16FN5O2S. The first-order chi connectivity index (χ1) is 12.6. The summed E-state index contributed by atoms with van der Waals surface area (Å²) in [5.74, 6) is -0.410. The van der Waals surface area contributed by atoms with Gasteiger partial charge in [-0.3, -0.25) is 9.78 Å². The van der Waals surface area contributed by atoms with Crippen LogP contribution in [0.4, 0.5) is 10.3 Å². The molecule has 4 rings (SSSR count). The van der Waals surface area contributed by atoms with E-state index < -0.39 is 5.82 Å². The van der Waals surface area contributed by atoms with Crippen molar-refractivity contribution in [3.8, 4) is 0 Å². The molecule has 3 heterocycles.